The molecule has 0 saturated heterocycles. The molecule has 0 unspecified atom stereocenters. The maximum Gasteiger partial charge on any atom is 0.417 e. The molecule has 0 spiro atoms. The van der Waals surface area contributed by atoms with Gasteiger partial charge >= 0.3 is 12.1 Å². The second-order valence-corrected chi connectivity index (χ2v) is 5.05. The minimum Gasteiger partial charge on any atom is -0.465 e. The zero-order valence-corrected chi connectivity index (χ0v) is 11.9. The van der Waals surface area contributed by atoms with Crippen LogP contribution in [-0.4, -0.2) is 24.0 Å². The summed E-state index contributed by atoms with van der Waals surface area (Å²) >= 11 is 0.803. The Labute approximate surface area is 126 Å². The van der Waals surface area contributed by atoms with Crippen LogP contribution in [0.25, 0.3) is 0 Å². The van der Waals surface area contributed by atoms with Gasteiger partial charge in [-0.25, -0.2) is 9.78 Å². The van der Waals surface area contributed by atoms with E-state index in [1.807, 2.05) is 0 Å². The van der Waals surface area contributed by atoms with E-state index < -0.39 is 29.2 Å². The minimum atomic E-state index is -4.64. The van der Waals surface area contributed by atoms with Crippen LogP contribution in [0.5, 0.6) is 0 Å². The number of hydrogen-bond acceptors (Lipinski definition) is 5. The summed E-state index contributed by atoms with van der Waals surface area (Å²) in [7, 11) is 1.18. The van der Waals surface area contributed by atoms with Gasteiger partial charge in [-0.1, -0.05) is 23.5 Å². The predicted octanol–water partition coefficient (Wildman–Crippen LogP) is 3.20. The van der Waals surface area contributed by atoms with Crippen LogP contribution >= 0.6 is 11.3 Å². The fourth-order valence-corrected chi connectivity index (χ4v) is 2.35. The lowest BCUT2D eigenvalue weighted by Gasteiger charge is -2.11. The number of rotatable bonds is 3. The fourth-order valence-electron chi connectivity index (χ4n) is 1.62. The van der Waals surface area contributed by atoms with Crippen LogP contribution in [0.2, 0.25) is 0 Å². The molecule has 1 N–H and O–H groups in total. The molecular formula is C13H9F3N2O3S. The lowest BCUT2D eigenvalue weighted by molar-refractivity contribution is -0.137. The average molecular weight is 330 g/mol. The predicted molar refractivity (Wildman–Crippen MR) is 72.9 cm³/mol. The number of hydrogen-bond donors (Lipinski definition) is 1. The highest BCUT2D eigenvalue weighted by molar-refractivity contribution is 7.17. The van der Waals surface area contributed by atoms with Crippen molar-refractivity contribution in [3.63, 3.8) is 0 Å². The van der Waals surface area contributed by atoms with Crippen LogP contribution in [0.15, 0.2) is 30.5 Å². The van der Waals surface area contributed by atoms with Crippen molar-refractivity contribution in [2.24, 2.45) is 0 Å². The van der Waals surface area contributed by atoms with E-state index >= 15 is 0 Å². The molecule has 22 heavy (non-hydrogen) atoms. The van der Waals surface area contributed by atoms with Gasteiger partial charge in [-0.2, -0.15) is 13.2 Å². The van der Waals surface area contributed by atoms with Crippen molar-refractivity contribution in [1.29, 1.82) is 0 Å². The zero-order valence-electron chi connectivity index (χ0n) is 11.1. The molecule has 2 aromatic rings. The van der Waals surface area contributed by atoms with Crippen LogP contribution in [0, 0.1) is 0 Å². The van der Waals surface area contributed by atoms with E-state index in [2.05, 4.69) is 15.0 Å². The van der Waals surface area contributed by atoms with Crippen molar-refractivity contribution in [2.75, 3.05) is 12.4 Å². The van der Waals surface area contributed by atoms with Crippen LogP contribution in [-0.2, 0) is 10.9 Å². The molecule has 0 aliphatic carbocycles. The average Bonchev–Trinajstić information content (AvgIpc) is 2.94. The number of ether oxygens (including phenoxy) is 1. The summed E-state index contributed by atoms with van der Waals surface area (Å²) in [5.41, 5.74) is -1.57. The number of carbonyl (C=O) groups excluding carboxylic acids is 2. The molecule has 0 fully saturated rings. The normalized spacial score (nSPS) is 11.1. The Balaban J connectivity index is 2.23. The molecule has 116 valence electrons. The molecule has 9 heteroatoms. The molecule has 1 aromatic heterocycles. The largest absolute Gasteiger partial charge is 0.465 e. The maximum absolute atomic E-state index is 12.8. The molecule has 0 radical (unpaired) electrons. The van der Waals surface area contributed by atoms with E-state index in [0.29, 0.717) is 0 Å². The molecule has 1 aromatic carbocycles. The molecule has 0 saturated carbocycles. The number of methoxy groups -OCH3 is 1. The summed E-state index contributed by atoms with van der Waals surface area (Å²) in [4.78, 5) is 27.1. The minimum absolute atomic E-state index is 0.00220. The van der Waals surface area contributed by atoms with E-state index in [4.69, 9.17) is 0 Å². The Morgan fingerprint density at radius 2 is 1.95 bits per heavy atom. The summed E-state index contributed by atoms with van der Waals surface area (Å²) in [5.74, 6) is -1.60. The molecule has 0 aliphatic heterocycles. The Bertz CT molecular complexity index is 713. The van der Waals surface area contributed by atoms with Gasteiger partial charge in [0, 0.05) is 0 Å². The van der Waals surface area contributed by atoms with Gasteiger partial charge in [0.1, 0.15) is 4.88 Å². The van der Waals surface area contributed by atoms with E-state index in [1.54, 1.807) is 0 Å². The second-order valence-electron chi connectivity index (χ2n) is 4.02. The third-order valence-corrected chi connectivity index (χ3v) is 3.48. The van der Waals surface area contributed by atoms with Crippen LogP contribution < -0.4 is 5.32 Å². The Morgan fingerprint density at radius 3 is 2.59 bits per heavy atom. The van der Waals surface area contributed by atoms with Crippen molar-refractivity contribution in [2.45, 2.75) is 6.18 Å². The number of anilines is 1. The van der Waals surface area contributed by atoms with E-state index in [0.717, 1.165) is 23.5 Å². The van der Waals surface area contributed by atoms with E-state index in [1.165, 1.54) is 25.4 Å². The number of amides is 1. The third kappa shape index (κ3) is 3.42. The molecule has 0 aliphatic rings. The second kappa shape index (κ2) is 6.14. The number of nitrogens with one attached hydrogen (secondary N) is 1. The van der Waals surface area contributed by atoms with Gasteiger partial charge in [-0.15, -0.1) is 0 Å². The van der Waals surface area contributed by atoms with Crippen LogP contribution in [0.3, 0.4) is 0 Å². The summed E-state index contributed by atoms with van der Waals surface area (Å²) in [6.07, 6.45) is -3.48. The highest BCUT2D eigenvalue weighted by Crippen LogP contribution is 2.32. The molecular weight excluding hydrogens is 321 g/mol. The van der Waals surface area contributed by atoms with Crippen molar-refractivity contribution in [1.82, 2.24) is 4.98 Å². The monoisotopic (exact) mass is 330 g/mol. The summed E-state index contributed by atoms with van der Waals surface area (Å²) in [5, 5.41) is 2.23. The first-order valence-corrected chi connectivity index (χ1v) is 6.66. The van der Waals surface area contributed by atoms with E-state index in [-0.39, 0.29) is 10.0 Å². The van der Waals surface area contributed by atoms with Gasteiger partial charge in [0.05, 0.1) is 24.4 Å². The molecule has 0 atom stereocenters. The fraction of sp³-hybridized carbons (Fsp3) is 0.154. The van der Waals surface area contributed by atoms with E-state index in [9.17, 15) is 22.8 Å². The van der Waals surface area contributed by atoms with Gasteiger partial charge in [-0.05, 0) is 12.1 Å². The Morgan fingerprint density at radius 1 is 1.27 bits per heavy atom. The van der Waals surface area contributed by atoms with Crippen molar-refractivity contribution < 1.29 is 27.5 Å². The quantitative estimate of drug-likeness (QED) is 0.878. The Kier molecular flexibility index (Phi) is 4.45. The van der Waals surface area contributed by atoms with Crippen molar-refractivity contribution in [3.8, 4) is 0 Å². The third-order valence-electron chi connectivity index (χ3n) is 2.59. The molecule has 1 heterocycles. The molecule has 1 amide bonds. The lowest BCUT2D eigenvalue weighted by atomic mass is 10.1. The first-order chi connectivity index (χ1) is 10.3. The summed E-state index contributed by atoms with van der Waals surface area (Å²) in [6.45, 7) is 0. The number of carbonyl (C=O) groups is 2. The number of benzene rings is 1. The standard InChI is InChI=1S/C13H9F3N2O3S/c1-21-11(20)9-6-17-12(22-9)18-10(19)7-4-2-3-5-8(7)13(14,15)16/h2-6H,1H3,(H,17,18,19). The first-order valence-electron chi connectivity index (χ1n) is 5.84. The Hall–Kier alpha value is -2.42. The van der Waals surface area contributed by atoms with Crippen molar-refractivity contribution >= 4 is 28.3 Å². The molecule has 2 rings (SSSR count). The van der Waals surface area contributed by atoms with Gasteiger partial charge in [0.2, 0.25) is 0 Å². The first kappa shape index (κ1) is 16.0. The highest BCUT2D eigenvalue weighted by Gasteiger charge is 2.35. The number of halogens is 3. The zero-order chi connectivity index (χ0) is 16.3. The summed E-state index contributed by atoms with van der Waals surface area (Å²) in [6, 6.07) is 4.40. The topological polar surface area (TPSA) is 68.3 Å². The number of alkyl halides is 3. The number of thiazole rings is 1. The van der Waals surface area contributed by atoms with Gasteiger partial charge in [0.15, 0.2) is 5.13 Å². The highest BCUT2D eigenvalue weighted by atomic mass is 32.1. The van der Waals surface area contributed by atoms with Gasteiger partial charge in [-0.3, -0.25) is 10.1 Å². The number of esters is 1. The van der Waals surface area contributed by atoms with Crippen LogP contribution in [0.1, 0.15) is 25.6 Å². The molecule has 5 nitrogen and oxygen atoms in total. The van der Waals surface area contributed by atoms with Gasteiger partial charge < -0.3 is 4.74 Å². The van der Waals surface area contributed by atoms with Gasteiger partial charge in [0.25, 0.3) is 5.91 Å². The smallest absolute Gasteiger partial charge is 0.417 e. The SMILES string of the molecule is COC(=O)c1cnc(NC(=O)c2ccccc2C(F)(F)F)s1. The number of nitrogens with zero attached hydrogens (tertiary/aromatic N) is 1. The summed E-state index contributed by atoms with van der Waals surface area (Å²) < 4.78 is 43.0. The molecule has 0 bridgehead atoms. The van der Waals surface area contributed by atoms with Crippen molar-refractivity contribution in [3.05, 3.63) is 46.5 Å². The van der Waals surface area contributed by atoms with Crippen LogP contribution in [0.4, 0.5) is 18.3 Å². The maximum atomic E-state index is 12.8. The number of aromatic nitrogens is 1. The lowest BCUT2D eigenvalue weighted by Crippen LogP contribution is -2.18.